The number of aliphatic hydroxyl groups excluding tert-OH is 2. The van der Waals surface area contributed by atoms with Gasteiger partial charge in [-0.05, 0) is 48.3 Å². The quantitative estimate of drug-likeness (QED) is 0.721. The molecule has 0 amide bonds. The van der Waals surface area contributed by atoms with Crippen molar-refractivity contribution >= 4 is 0 Å². The van der Waals surface area contributed by atoms with Crippen molar-refractivity contribution in [1.82, 2.24) is 0 Å². The van der Waals surface area contributed by atoms with Crippen LogP contribution in [-0.2, 0) is 0 Å². The second-order valence-corrected chi connectivity index (χ2v) is 6.66. The number of fused-ring (bicyclic) bond motifs is 1. The summed E-state index contributed by atoms with van der Waals surface area (Å²) in [5, 5.41) is 20.3. The van der Waals surface area contributed by atoms with Crippen molar-refractivity contribution in [2.45, 2.75) is 65.6 Å². The van der Waals surface area contributed by atoms with Gasteiger partial charge in [0.15, 0.2) is 0 Å². The smallest absolute Gasteiger partial charge is 0.0852 e. The van der Waals surface area contributed by atoms with Crippen LogP contribution in [0.5, 0.6) is 0 Å². The summed E-state index contributed by atoms with van der Waals surface area (Å²) in [5.41, 5.74) is 0.126. The molecule has 2 saturated carbocycles. The van der Waals surface area contributed by atoms with E-state index in [1.54, 1.807) is 0 Å². The fraction of sp³-hybridized carbons (Fsp3) is 1.00. The Kier molecular flexibility index (Phi) is 2.87. The van der Waals surface area contributed by atoms with Crippen molar-refractivity contribution in [3.63, 3.8) is 0 Å². The minimum atomic E-state index is -0.553. The Balaban J connectivity index is 2.40. The number of hydrogen-bond acceptors (Lipinski definition) is 2. The van der Waals surface area contributed by atoms with Gasteiger partial charge in [0.1, 0.15) is 0 Å². The molecule has 2 nitrogen and oxygen atoms in total. The van der Waals surface area contributed by atoms with Crippen LogP contribution in [0.2, 0.25) is 0 Å². The standard InChI is InChI=1S/C14H26O2/c1-5-14-8-10(15)12(16)13(3,4)11(14)7-6-9(14)2/h9-12,15-16H,5-8H2,1-4H3/t9-,10-,11+,12-,14-/m1/s1. The largest absolute Gasteiger partial charge is 0.390 e. The zero-order valence-electron chi connectivity index (χ0n) is 11.0. The first kappa shape index (κ1) is 12.4. The first-order valence-corrected chi connectivity index (χ1v) is 6.72. The van der Waals surface area contributed by atoms with Crippen molar-refractivity contribution < 1.29 is 10.2 Å². The molecule has 2 heteroatoms. The predicted molar refractivity (Wildman–Crippen MR) is 65.0 cm³/mol. The summed E-state index contributed by atoms with van der Waals surface area (Å²) in [6.07, 6.45) is 3.30. The molecule has 0 radical (unpaired) electrons. The van der Waals surface area contributed by atoms with Crippen LogP contribution in [-0.4, -0.2) is 22.4 Å². The molecule has 0 aromatic heterocycles. The van der Waals surface area contributed by atoms with Gasteiger partial charge in [0.25, 0.3) is 0 Å². The molecule has 94 valence electrons. The molecule has 0 unspecified atom stereocenters. The highest BCUT2D eigenvalue weighted by Gasteiger charge is 2.59. The van der Waals surface area contributed by atoms with Crippen molar-refractivity contribution in [1.29, 1.82) is 0 Å². The summed E-state index contributed by atoms with van der Waals surface area (Å²) < 4.78 is 0. The SMILES string of the molecule is CC[C@]12C[C@@H](O)[C@@H](O)C(C)(C)[C@@H]1CC[C@H]2C. The molecule has 5 atom stereocenters. The molecule has 0 spiro atoms. The Hall–Kier alpha value is -0.0800. The van der Waals surface area contributed by atoms with Gasteiger partial charge in [-0.15, -0.1) is 0 Å². The van der Waals surface area contributed by atoms with Gasteiger partial charge in [-0.25, -0.2) is 0 Å². The van der Waals surface area contributed by atoms with Gasteiger partial charge in [0, 0.05) is 0 Å². The van der Waals surface area contributed by atoms with Crippen LogP contribution in [0.15, 0.2) is 0 Å². The highest BCUT2D eigenvalue weighted by atomic mass is 16.3. The van der Waals surface area contributed by atoms with Crippen molar-refractivity contribution in [3.8, 4) is 0 Å². The molecule has 2 aliphatic carbocycles. The fourth-order valence-corrected chi connectivity index (χ4v) is 4.73. The highest BCUT2D eigenvalue weighted by molar-refractivity contribution is 5.09. The normalized spacial score (nSPS) is 51.4. The van der Waals surface area contributed by atoms with Gasteiger partial charge in [-0.1, -0.05) is 27.7 Å². The minimum Gasteiger partial charge on any atom is -0.390 e. The van der Waals surface area contributed by atoms with Gasteiger partial charge in [-0.3, -0.25) is 0 Å². The number of aliphatic hydroxyl groups is 2. The van der Waals surface area contributed by atoms with E-state index in [4.69, 9.17) is 0 Å². The molecule has 0 saturated heterocycles. The third-order valence-electron chi connectivity index (χ3n) is 5.84. The molecular weight excluding hydrogens is 200 g/mol. The molecule has 16 heavy (non-hydrogen) atoms. The molecule has 2 rings (SSSR count). The summed E-state index contributed by atoms with van der Waals surface area (Å²) in [7, 11) is 0. The zero-order chi connectivity index (χ0) is 12.1. The second-order valence-electron chi connectivity index (χ2n) is 6.66. The Morgan fingerprint density at radius 1 is 1.19 bits per heavy atom. The number of hydrogen-bond donors (Lipinski definition) is 2. The summed E-state index contributed by atoms with van der Waals surface area (Å²) in [6.45, 7) is 8.83. The van der Waals surface area contributed by atoms with E-state index in [0.717, 1.165) is 12.8 Å². The van der Waals surface area contributed by atoms with Crippen LogP contribution in [0.4, 0.5) is 0 Å². The van der Waals surface area contributed by atoms with Gasteiger partial charge >= 0.3 is 0 Å². The molecule has 0 heterocycles. The lowest BCUT2D eigenvalue weighted by molar-refractivity contribution is -0.163. The van der Waals surface area contributed by atoms with Crippen LogP contribution in [0.3, 0.4) is 0 Å². The van der Waals surface area contributed by atoms with E-state index >= 15 is 0 Å². The van der Waals surface area contributed by atoms with E-state index in [-0.39, 0.29) is 10.8 Å². The van der Waals surface area contributed by atoms with Crippen LogP contribution >= 0.6 is 0 Å². The molecule has 2 aliphatic rings. The average Bonchev–Trinajstić information content (AvgIpc) is 2.55. The maximum Gasteiger partial charge on any atom is 0.0852 e. The topological polar surface area (TPSA) is 40.5 Å². The maximum absolute atomic E-state index is 10.2. The second kappa shape index (κ2) is 3.71. The molecule has 0 aliphatic heterocycles. The van der Waals surface area contributed by atoms with E-state index in [0.29, 0.717) is 11.8 Å². The Morgan fingerprint density at radius 3 is 2.38 bits per heavy atom. The fourth-order valence-electron chi connectivity index (χ4n) is 4.73. The van der Waals surface area contributed by atoms with Crippen molar-refractivity contribution in [2.24, 2.45) is 22.7 Å². The lowest BCUT2D eigenvalue weighted by Gasteiger charge is -2.55. The molecule has 0 aromatic carbocycles. The molecule has 0 bridgehead atoms. The highest BCUT2D eigenvalue weighted by Crippen LogP contribution is 2.63. The van der Waals surface area contributed by atoms with E-state index in [9.17, 15) is 10.2 Å². The van der Waals surface area contributed by atoms with E-state index < -0.39 is 12.2 Å². The van der Waals surface area contributed by atoms with Crippen LogP contribution in [0.1, 0.15) is 53.4 Å². The summed E-state index contributed by atoms with van der Waals surface area (Å²) in [4.78, 5) is 0. The monoisotopic (exact) mass is 226 g/mol. The van der Waals surface area contributed by atoms with Crippen molar-refractivity contribution in [2.75, 3.05) is 0 Å². The van der Waals surface area contributed by atoms with Gasteiger partial charge in [-0.2, -0.15) is 0 Å². The lowest BCUT2D eigenvalue weighted by atomic mass is 9.52. The van der Waals surface area contributed by atoms with Crippen molar-refractivity contribution in [3.05, 3.63) is 0 Å². The third kappa shape index (κ3) is 1.39. The minimum absolute atomic E-state index is 0.140. The predicted octanol–water partition coefficient (Wildman–Crippen LogP) is 2.58. The summed E-state index contributed by atoms with van der Waals surface area (Å²) in [5.74, 6) is 1.25. The zero-order valence-corrected chi connectivity index (χ0v) is 11.0. The van der Waals surface area contributed by atoms with Crippen LogP contribution in [0.25, 0.3) is 0 Å². The molecule has 2 N–H and O–H groups in total. The molecule has 2 fully saturated rings. The third-order valence-corrected chi connectivity index (χ3v) is 5.84. The Bertz CT molecular complexity index is 274. The Labute approximate surface area is 99.1 Å². The first-order valence-electron chi connectivity index (χ1n) is 6.72. The van der Waals surface area contributed by atoms with E-state index in [1.807, 2.05) is 0 Å². The summed E-state index contributed by atoms with van der Waals surface area (Å²) in [6, 6.07) is 0. The average molecular weight is 226 g/mol. The van der Waals surface area contributed by atoms with E-state index in [2.05, 4.69) is 27.7 Å². The summed E-state index contributed by atoms with van der Waals surface area (Å²) >= 11 is 0. The molecular formula is C14H26O2. The van der Waals surface area contributed by atoms with E-state index in [1.165, 1.54) is 12.8 Å². The van der Waals surface area contributed by atoms with Gasteiger partial charge in [0.2, 0.25) is 0 Å². The van der Waals surface area contributed by atoms with Crippen LogP contribution < -0.4 is 0 Å². The van der Waals surface area contributed by atoms with Gasteiger partial charge in [0.05, 0.1) is 12.2 Å². The lowest BCUT2D eigenvalue weighted by Crippen LogP contribution is -2.56. The maximum atomic E-state index is 10.2. The number of rotatable bonds is 1. The van der Waals surface area contributed by atoms with Crippen LogP contribution in [0, 0.1) is 22.7 Å². The van der Waals surface area contributed by atoms with Gasteiger partial charge < -0.3 is 10.2 Å². The molecule has 0 aromatic rings. The first-order chi connectivity index (χ1) is 7.36. The Morgan fingerprint density at radius 2 is 1.81 bits per heavy atom.